The van der Waals surface area contributed by atoms with E-state index in [1.54, 1.807) is 0 Å². The number of rotatable bonds is 2. The maximum atomic E-state index is 13.1. The van der Waals surface area contributed by atoms with E-state index in [9.17, 15) is 4.79 Å². The number of halogens is 1. The Morgan fingerprint density at radius 1 is 1.30 bits per heavy atom. The highest BCUT2D eigenvalue weighted by atomic mass is 79.9. The van der Waals surface area contributed by atoms with Gasteiger partial charge in [-0.25, -0.2) is 0 Å². The van der Waals surface area contributed by atoms with Crippen LogP contribution in [0.15, 0.2) is 46.9 Å². The minimum absolute atomic E-state index is 0.0253. The van der Waals surface area contributed by atoms with Gasteiger partial charge in [0.25, 0.3) is 5.91 Å². The van der Waals surface area contributed by atoms with E-state index in [0.29, 0.717) is 18.2 Å². The molecule has 0 radical (unpaired) electrons. The second-order valence-corrected chi connectivity index (χ2v) is 6.61. The predicted octanol–water partition coefficient (Wildman–Crippen LogP) is 4.34. The quantitative estimate of drug-likeness (QED) is 0.822. The zero-order valence-electron chi connectivity index (χ0n) is 13.3. The molecule has 1 aliphatic rings. The first-order valence-corrected chi connectivity index (χ1v) is 8.54. The Labute approximate surface area is 145 Å². The molecule has 1 unspecified atom stereocenters. The van der Waals surface area contributed by atoms with E-state index in [1.807, 2.05) is 54.4 Å². The molecule has 0 fully saturated rings. The molecule has 0 aliphatic carbocycles. The Kier molecular flexibility index (Phi) is 4.57. The topological polar surface area (TPSA) is 44.4 Å². The highest BCUT2D eigenvalue weighted by Crippen LogP contribution is 2.32. The van der Waals surface area contributed by atoms with Crippen LogP contribution in [-0.4, -0.2) is 25.5 Å². The van der Waals surface area contributed by atoms with Crippen molar-refractivity contribution in [2.75, 3.05) is 29.1 Å². The van der Waals surface area contributed by atoms with Crippen LogP contribution in [0.5, 0.6) is 0 Å². The van der Waals surface area contributed by atoms with Gasteiger partial charge in [-0.1, -0.05) is 12.1 Å². The zero-order valence-corrected chi connectivity index (χ0v) is 14.9. The third kappa shape index (κ3) is 3.20. The summed E-state index contributed by atoms with van der Waals surface area (Å²) in [5, 5.41) is 6.58. The Hall–Kier alpha value is -2.01. The molecule has 1 atom stereocenters. The molecule has 4 nitrogen and oxygen atoms in total. The average molecular weight is 374 g/mol. The number of hydrogen-bond donors (Lipinski definition) is 2. The van der Waals surface area contributed by atoms with Crippen LogP contribution in [0.25, 0.3) is 0 Å². The molecule has 3 rings (SSSR count). The SMILES string of the molecule is CNc1cc(C(=O)N2CCC(C)Nc3ccccc32)ccc1Br. The second-order valence-electron chi connectivity index (χ2n) is 5.75. The van der Waals surface area contributed by atoms with E-state index in [1.165, 1.54) is 0 Å². The van der Waals surface area contributed by atoms with Crippen molar-refractivity contribution in [3.8, 4) is 0 Å². The Bertz CT molecular complexity index is 732. The summed E-state index contributed by atoms with van der Waals surface area (Å²) in [4.78, 5) is 14.9. The molecule has 1 amide bonds. The average Bonchev–Trinajstić information content (AvgIpc) is 2.73. The first-order valence-electron chi connectivity index (χ1n) is 7.75. The molecular formula is C18H20BrN3O. The Morgan fingerprint density at radius 2 is 2.09 bits per heavy atom. The molecule has 1 heterocycles. The second kappa shape index (κ2) is 6.62. The smallest absolute Gasteiger partial charge is 0.258 e. The molecule has 2 N–H and O–H groups in total. The molecule has 2 aromatic rings. The summed E-state index contributed by atoms with van der Waals surface area (Å²) in [6, 6.07) is 14.0. The lowest BCUT2D eigenvalue weighted by molar-refractivity contribution is 0.0987. The van der Waals surface area contributed by atoms with Gasteiger partial charge in [-0.15, -0.1) is 0 Å². The van der Waals surface area contributed by atoms with Crippen molar-refractivity contribution in [2.24, 2.45) is 0 Å². The van der Waals surface area contributed by atoms with E-state index in [0.717, 1.165) is 28.0 Å². The molecule has 5 heteroatoms. The van der Waals surface area contributed by atoms with Gasteiger partial charge in [-0.05, 0) is 59.6 Å². The number of carbonyl (C=O) groups excluding carboxylic acids is 1. The predicted molar refractivity (Wildman–Crippen MR) is 99.5 cm³/mol. The molecule has 2 aromatic carbocycles. The molecule has 120 valence electrons. The van der Waals surface area contributed by atoms with Gasteiger partial charge in [0.1, 0.15) is 0 Å². The molecule has 23 heavy (non-hydrogen) atoms. The summed E-state index contributed by atoms with van der Waals surface area (Å²) in [5.41, 5.74) is 3.54. The number of benzene rings is 2. The fraction of sp³-hybridized carbons (Fsp3) is 0.278. The summed E-state index contributed by atoms with van der Waals surface area (Å²) in [6.45, 7) is 2.85. The van der Waals surface area contributed by atoms with Gasteiger partial charge in [-0.2, -0.15) is 0 Å². The number of para-hydroxylation sites is 2. The highest BCUT2D eigenvalue weighted by Gasteiger charge is 2.24. The summed E-state index contributed by atoms with van der Waals surface area (Å²) >= 11 is 3.48. The van der Waals surface area contributed by atoms with Gasteiger partial charge in [0, 0.05) is 35.4 Å². The summed E-state index contributed by atoms with van der Waals surface area (Å²) in [7, 11) is 1.85. The molecule has 0 aromatic heterocycles. The van der Waals surface area contributed by atoms with Crippen LogP contribution in [0.2, 0.25) is 0 Å². The third-order valence-corrected chi connectivity index (χ3v) is 4.80. The molecule has 0 saturated carbocycles. The highest BCUT2D eigenvalue weighted by molar-refractivity contribution is 9.10. The molecule has 0 bridgehead atoms. The van der Waals surface area contributed by atoms with Crippen molar-refractivity contribution in [3.05, 3.63) is 52.5 Å². The lowest BCUT2D eigenvalue weighted by Crippen LogP contribution is -2.32. The molecule has 1 aliphatic heterocycles. The molecule has 0 saturated heterocycles. The standard InChI is InChI=1S/C18H20BrN3O/c1-12-9-10-22(17-6-4-3-5-15(17)21-12)18(23)13-7-8-14(19)16(11-13)20-2/h3-8,11-12,20-21H,9-10H2,1-2H3. The Balaban J connectivity index is 1.99. The van der Waals surface area contributed by atoms with Crippen molar-refractivity contribution in [1.82, 2.24) is 0 Å². The maximum absolute atomic E-state index is 13.1. The van der Waals surface area contributed by atoms with Crippen molar-refractivity contribution < 1.29 is 4.79 Å². The third-order valence-electron chi connectivity index (χ3n) is 4.11. The van der Waals surface area contributed by atoms with Crippen molar-refractivity contribution >= 4 is 38.9 Å². The minimum Gasteiger partial charge on any atom is -0.387 e. The fourth-order valence-electron chi connectivity index (χ4n) is 2.83. The van der Waals surface area contributed by atoms with Crippen molar-refractivity contribution in [3.63, 3.8) is 0 Å². The van der Waals surface area contributed by atoms with E-state index in [4.69, 9.17) is 0 Å². The van der Waals surface area contributed by atoms with Crippen LogP contribution in [0.3, 0.4) is 0 Å². The van der Waals surface area contributed by atoms with Crippen LogP contribution in [-0.2, 0) is 0 Å². The zero-order chi connectivity index (χ0) is 16.4. The number of anilines is 3. The number of carbonyl (C=O) groups is 1. The van der Waals surface area contributed by atoms with Crippen LogP contribution < -0.4 is 15.5 Å². The number of fused-ring (bicyclic) bond motifs is 1. The van der Waals surface area contributed by atoms with E-state index >= 15 is 0 Å². The number of hydrogen-bond acceptors (Lipinski definition) is 3. The minimum atomic E-state index is 0.0253. The molecule has 0 spiro atoms. The van der Waals surface area contributed by atoms with Crippen LogP contribution in [0.4, 0.5) is 17.1 Å². The Morgan fingerprint density at radius 3 is 2.87 bits per heavy atom. The van der Waals surface area contributed by atoms with Crippen LogP contribution in [0, 0.1) is 0 Å². The number of amides is 1. The van der Waals surface area contributed by atoms with E-state index in [-0.39, 0.29) is 5.91 Å². The largest absolute Gasteiger partial charge is 0.387 e. The first-order chi connectivity index (χ1) is 11.1. The monoisotopic (exact) mass is 373 g/mol. The summed E-state index contributed by atoms with van der Waals surface area (Å²) < 4.78 is 0.947. The molecular weight excluding hydrogens is 354 g/mol. The maximum Gasteiger partial charge on any atom is 0.258 e. The fourth-order valence-corrected chi connectivity index (χ4v) is 3.27. The first kappa shape index (κ1) is 15.9. The van der Waals surface area contributed by atoms with Crippen LogP contribution in [0.1, 0.15) is 23.7 Å². The van der Waals surface area contributed by atoms with Gasteiger partial charge in [0.05, 0.1) is 11.4 Å². The lowest BCUT2D eigenvalue weighted by atomic mass is 10.1. The number of nitrogens with zero attached hydrogens (tertiary/aromatic N) is 1. The normalized spacial score (nSPS) is 17.0. The number of nitrogens with one attached hydrogen (secondary N) is 2. The lowest BCUT2D eigenvalue weighted by Gasteiger charge is -2.23. The van der Waals surface area contributed by atoms with E-state index < -0.39 is 0 Å². The van der Waals surface area contributed by atoms with Gasteiger partial charge < -0.3 is 15.5 Å². The van der Waals surface area contributed by atoms with Crippen molar-refractivity contribution in [2.45, 2.75) is 19.4 Å². The van der Waals surface area contributed by atoms with E-state index in [2.05, 4.69) is 33.5 Å². The van der Waals surface area contributed by atoms with Gasteiger partial charge >= 0.3 is 0 Å². The van der Waals surface area contributed by atoms with Crippen LogP contribution >= 0.6 is 15.9 Å². The van der Waals surface area contributed by atoms with Gasteiger partial charge in [-0.3, -0.25) is 4.79 Å². The van der Waals surface area contributed by atoms with Gasteiger partial charge in [0.2, 0.25) is 0 Å². The van der Waals surface area contributed by atoms with Gasteiger partial charge in [0.15, 0.2) is 0 Å². The van der Waals surface area contributed by atoms with Crippen molar-refractivity contribution in [1.29, 1.82) is 0 Å². The summed E-state index contributed by atoms with van der Waals surface area (Å²) in [5.74, 6) is 0.0253. The summed E-state index contributed by atoms with van der Waals surface area (Å²) in [6.07, 6.45) is 0.913.